The number of hydrogen-bond donors (Lipinski definition) is 0. The van der Waals surface area contributed by atoms with Crippen molar-refractivity contribution < 1.29 is 4.42 Å². The first-order valence-corrected chi connectivity index (χ1v) is 17.8. The zero-order valence-electron chi connectivity index (χ0n) is 28.6. The molecule has 0 saturated heterocycles. The molecule has 0 fully saturated rings. The highest BCUT2D eigenvalue weighted by molar-refractivity contribution is 6.09. The minimum Gasteiger partial charge on any atom is -0.455 e. The van der Waals surface area contributed by atoms with Crippen LogP contribution in [-0.4, -0.2) is 15.0 Å². The van der Waals surface area contributed by atoms with E-state index < -0.39 is 0 Å². The average Bonchev–Trinajstić information content (AvgIpc) is 3.63. The van der Waals surface area contributed by atoms with Crippen LogP contribution in [0.4, 0.5) is 0 Å². The molecule has 8 aromatic carbocycles. The summed E-state index contributed by atoms with van der Waals surface area (Å²) in [6, 6.07) is 65.2. The van der Waals surface area contributed by atoms with Crippen molar-refractivity contribution in [1.82, 2.24) is 15.0 Å². The van der Waals surface area contributed by atoms with Gasteiger partial charge in [0.15, 0.2) is 17.5 Å². The molecule has 0 aliphatic carbocycles. The van der Waals surface area contributed by atoms with Crippen molar-refractivity contribution in [3.05, 3.63) is 188 Å². The molecule has 0 aliphatic rings. The molecule has 0 aliphatic heterocycles. The van der Waals surface area contributed by atoms with Crippen LogP contribution in [-0.2, 0) is 0 Å². The largest absolute Gasteiger partial charge is 0.455 e. The molecule has 4 nitrogen and oxygen atoms in total. The first-order chi connectivity index (χ1) is 26.3. The number of aromatic nitrogens is 3. The van der Waals surface area contributed by atoms with Crippen LogP contribution in [0.25, 0.3) is 100 Å². The first kappa shape index (κ1) is 30.6. The molecule has 53 heavy (non-hydrogen) atoms. The van der Waals surface area contributed by atoms with E-state index in [4.69, 9.17) is 19.4 Å². The highest BCUT2D eigenvalue weighted by Crippen LogP contribution is 2.39. The molecule has 2 aromatic heterocycles. The molecule has 0 radical (unpaired) electrons. The van der Waals surface area contributed by atoms with Crippen LogP contribution in [0.15, 0.2) is 192 Å². The Morgan fingerprint density at radius 3 is 1.45 bits per heavy atom. The lowest BCUT2D eigenvalue weighted by Crippen LogP contribution is -2.02. The van der Waals surface area contributed by atoms with Gasteiger partial charge in [-0.2, -0.15) is 0 Å². The van der Waals surface area contributed by atoms with Gasteiger partial charge in [-0.1, -0.05) is 170 Å². The topological polar surface area (TPSA) is 51.8 Å². The van der Waals surface area contributed by atoms with Gasteiger partial charge < -0.3 is 4.42 Å². The number of nitrogens with zero attached hydrogens (tertiary/aromatic N) is 3. The molecular formula is C49H31N3O. The fourth-order valence-corrected chi connectivity index (χ4v) is 7.43. The molecular weight excluding hydrogens is 647 g/mol. The van der Waals surface area contributed by atoms with E-state index in [9.17, 15) is 0 Å². The maximum Gasteiger partial charge on any atom is 0.167 e. The SMILES string of the molecule is c1ccc(-c2ccc(-c3ccc(-c4nc(-c5ccccc5-c5ccccc5)nc(-c5cccc6c5oc5ccccc56)n4)c4ccccc34)cc2)cc1. The summed E-state index contributed by atoms with van der Waals surface area (Å²) in [5, 5.41) is 4.29. The van der Waals surface area contributed by atoms with Gasteiger partial charge in [-0.3, -0.25) is 0 Å². The maximum atomic E-state index is 6.49. The molecule has 0 spiro atoms. The smallest absolute Gasteiger partial charge is 0.167 e. The zero-order valence-corrected chi connectivity index (χ0v) is 28.6. The molecule has 0 saturated carbocycles. The van der Waals surface area contributed by atoms with Gasteiger partial charge >= 0.3 is 0 Å². The van der Waals surface area contributed by atoms with Crippen LogP contribution < -0.4 is 0 Å². The fraction of sp³-hybridized carbons (Fsp3) is 0. The molecule has 10 aromatic rings. The van der Waals surface area contributed by atoms with Gasteiger partial charge in [-0.25, -0.2) is 15.0 Å². The van der Waals surface area contributed by atoms with E-state index in [1.807, 2.05) is 48.5 Å². The Bertz CT molecular complexity index is 2930. The van der Waals surface area contributed by atoms with E-state index in [0.717, 1.165) is 71.7 Å². The van der Waals surface area contributed by atoms with E-state index in [0.29, 0.717) is 17.5 Å². The van der Waals surface area contributed by atoms with E-state index in [1.54, 1.807) is 0 Å². The monoisotopic (exact) mass is 677 g/mol. The van der Waals surface area contributed by atoms with E-state index >= 15 is 0 Å². The quantitative estimate of drug-likeness (QED) is 0.176. The second-order valence-electron chi connectivity index (χ2n) is 13.1. The number of rotatable bonds is 6. The summed E-state index contributed by atoms with van der Waals surface area (Å²) >= 11 is 0. The average molecular weight is 678 g/mol. The molecule has 0 amide bonds. The highest BCUT2D eigenvalue weighted by atomic mass is 16.3. The minimum absolute atomic E-state index is 0.558. The summed E-state index contributed by atoms with van der Waals surface area (Å²) in [4.78, 5) is 15.7. The summed E-state index contributed by atoms with van der Waals surface area (Å²) in [6.07, 6.45) is 0. The molecule has 0 N–H and O–H groups in total. The third-order valence-electron chi connectivity index (χ3n) is 10.0. The first-order valence-electron chi connectivity index (χ1n) is 17.8. The Labute approximate surface area is 306 Å². The summed E-state index contributed by atoms with van der Waals surface area (Å²) in [6.45, 7) is 0. The van der Waals surface area contributed by atoms with Crippen LogP contribution in [0.5, 0.6) is 0 Å². The third kappa shape index (κ3) is 5.45. The Hall–Kier alpha value is -7.17. The predicted molar refractivity (Wildman–Crippen MR) is 217 cm³/mol. The lowest BCUT2D eigenvalue weighted by Gasteiger charge is -2.14. The van der Waals surface area contributed by atoms with Gasteiger partial charge in [0.2, 0.25) is 0 Å². The van der Waals surface area contributed by atoms with Crippen molar-refractivity contribution in [2.24, 2.45) is 0 Å². The molecule has 0 unspecified atom stereocenters. The summed E-state index contributed by atoms with van der Waals surface area (Å²) in [5.74, 6) is 1.76. The maximum absolute atomic E-state index is 6.49. The summed E-state index contributed by atoms with van der Waals surface area (Å²) < 4.78 is 6.49. The van der Waals surface area contributed by atoms with Gasteiger partial charge in [-0.05, 0) is 62.4 Å². The zero-order chi connectivity index (χ0) is 35.1. The number of benzene rings is 8. The highest BCUT2D eigenvalue weighted by Gasteiger charge is 2.20. The third-order valence-corrected chi connectivity index (χ3v) is 10.0. The molecule has 2 heterocycles. The Morgan fingerprint density at radius 2 is 0.717 bits per heavy atom. The standard InChI is InChI=1S/C49H31N3O/c1-3-14-32(15-4-1)33-26-28-35(29-27-33)37-30-31-43(39-20-9-8-19-38(37)39)48-50-47(42-22-10-7-18-36(42)34-16-5-2-6-17-34)51-49(52-48)44-24-13-23-41-40-21-11-12-25-45(40)53-46(41)44/h1-31H. The predicted octanol–water partition coefficient (Wildman–Crippen LogP) is 12.9. The van der Waals surface area contributed by atoms with Crippen LogP contribution in [0.1, 0.15) is 0 Å². The molecule has 10 rings (SSSR count). The van der Waals surface area contributed by atoms with Crippen molar-refractivity contribution in [3.63, 3.8) is 0 Å². The number of para-hydroxylation sites is 2. The van der Waals surface area contributed by atoms with E-state index in [2.05, 4.69) is 140 Å². The fourth-order valence-electron chi connectivity index (χ4n) is 7.43. The van der Waals surface area contributed by atoms with Crippen LogP contribution >= 0.6 is 0 Å². The van der Waals surface area contributed by atoms with Crippen LogP contribution in [0.3, 0.4) is 0 Å². The summed E-state index contributed by atoms with van der Waals surface area (Å²) in [5.41, 5.74) is 11.1. The Balaban J connectivity index is 1.18. The van der Waals surface area contributed by atoms with Gasteiger partial charge in [0.1, 0.15) is 11.2 Å². The molecule has 248 valence electrons. The van der Waals surface area contributed by atoms with Crippen LogP contribution in [0, 0.1) is 0 Å². The molecule has 0 bridgehead atoms. The van der Waals surface area contributed by atoms with E-state index in [1.165, 1.54) is 11.1 Å². The number of fused-ring (bicyclic) bond motifs is 4. The second-order valence-corrected chi connectivity index (χ2v) is 13.1. The normalized spacial score (nSPS) is 11.4. The second kappa shape index (κ2) is 12.9. The van der Waals surface area contributed by atoms with Gasteiger partial charge in [0, 0.05) is 21.9 Å². The van der Waals surface area contributed by atoms with Crippen molar-refractivity contribution >= 4 is 32.7 Å². The van der Waals surface area contributed by atoms with Crippen molar-refractivity contribution in [2.45, 2.75) is 0 Å². The Kier molecular flexibility index (Phi) is 7.43. The van der Waals surface area contributed by atoms with Crippen molar-refractivity contribution in [1.29, 1.82) is 0 Å². The van der Waals surface area contributed by atoms with Gasteiger partial charge in [0.25, 0.3) is 0 Å². The minimum atomic E-state index is 0.558. The molecule has 4 heteroatoms. The Morgan fingerprint density at radius 1 is 0.264 bits per heavy atom. The lowest BCUT2D eigenvalue weighted by molar-refractivity contribution is 0.669. The number of hydrogen-bond acceptors (Lipinski definition) is 4. The van der Waals surface area contributed by atoms with Gasteiger partial charge in [0.05, 0.1) is 5.56 Å². The molecule has 0 atom stereocenters. The van der Waals surface area contributed by atoms with Crippen molar-refractivity contribution in [2.75, 3.05) is 0 Å². The lowest BCUT2D eigenvalue weighted by atomic mass is 9.93. The van der Waals surface area contributed by atoms with Gasteiger partial charge in [-0.15, -0.1) is 0 Å². The summed E-state index contributed by atoms with van der Waals surface area (Å²) in [7, 11) is 0. The van der Waals surface area contributed by atoms with Crippen molar-refractivity contribution in [3.8, 4) is 67.5 Å². The van der Waals surface area contributed by atoms with E-state index in [-0.39, 0.29) is 0 Å². The van der Waals surface area contributed by atoms with Crippen LogP contribution in [0.2, 0.25) is 0 Å². The number of furan rings is 1.